The molecule has 0 aliphatic carbocycles. The predicted molar refractivity (Wildman–Crippen MR) is 56.7 cm³/mol. The highest BCUT2D eigenvalue weighted by atomic mass is 16.4. The summed E-state index contributed by atoms with van der Waals surface area (Å²) in [6, 6.07) is 5.82. The molecule has 0 aliphatic heterocycles. The Morgan fingerprint density at radius 3 is 2.21 bits per heavy atom. The molecule has 0 amide bonds. The first-order chi connectivity index (χ1) is 6.58. The third kappa shape index (κ3) is 1.33. The lowest BCUT2D eigenvalue weighted by atomic mass is 10.1. The van der Waals surface area contributed by atoms with Crippen LogP contribution in [0.4, 0.5) is 0 Å². The van der Waals surface area contributed by atoms with E-state index in [1.54, 1.807) is 6.92 Å². The van der Waals surface area contributed by atoms with Crippen molar-refractivity contribution < 1.29 is 4.42 Å². The van der Waals surface area contributed by atoms with E-state index < -0.39 is 0 Å². The summed E-state index contributed by atoms with van der Waals surface area (Å²) in [4.78, 5) is 11.3. The van der Waals surface area contributed by atoms with Crippen LogP contribution in [0.15, 0.2) is 27.4 Å². The zero-order chi connectivity index (χ0) is 10.3. The van der Waals surface area contributed by atoms with E-state index in [2.05, 4.69) is 6.92 Å². The quantitative estimate of drug-likeness (QED) is 0.595. The summed E-state index contributed by atoms with van der Waals surface area (Å²) in [5.41, 5.74) is 3.43. The Morgan fingerprint density at radius 2 is 1.50 bits per heavy atom. The molecule has 2 nitrogen and oxygen atoms in total. The smallest absolute Gasteiger partial charge is 0.339 e. The molecule has 1 heterocycles. The Hall–Kier alpha value is -1.57. The normalized spacial score (nSPS) is 10.8. The summed E-state index contributed by atoms with van der Waals surface area (Å²) in [6.45, 7) is 5.82. The minimum atomic E-state index is -0.249. The van der Waals surface area contributed by atoms with Crippen LogP contribution in [-0.4, -0.2) is 0 Å². The van der Waals surface area contributed by atoms with E-state index >= 15 is 0 Å². The van der Waals surface area contributed by atoms with Gasteiger partial charge in [0.1, 0.15) is 5.58 Å². The summed E-state index contributed by atoms with van der Waals surface area (Å²) < 4.78 is 5.17. The molecule has 0 unspecified atom stereocenters. The van der Waals surface area contributed by atoms with Gasteiger partial charge in [-0.25, -0.2) is 4.79 Å². The first-order valence-corrected chi connectivity index (χ1v) is 4.59. The molecule has 0 saturated carbocycles. The molecule has 0 fully saturated rings. The first kappa shape index (κ1) is 9.00. The largest absolute Gasteiger partial charge is 0.423 e. The zero-order valence-electron chi connectivity index (χ0n) is 8.55. The van der Waals surface area contributed by atoms with Crippen molar-refractivity contribution in [1.29, 1.82) is 0 Å². The number of hydrogen-bond donors (Lipinski definition) is 0. The minimum Gasteiger partial charge on any atom is -0.423 e. The molecular formula is C12H12O2. The van der Waals surface area contributed by atoms with Gasteiger partial charge >= 0.3 is 5.63 Å². The maximum absolute atomic E-state index is 11.3. The van der Waals surface area contributed by atoms with Crippen LogP contribution in [0.5, 0.6) is 0 Å². The van der Waals surface area contributed by atoms with Gasteiger partial charge in [-0.1, -0.05) is 0 Å². The van der Waals surface area contributed by atoms with Crippen molar-refractivity contribution in [3.63, 3.8) is 0 Å². The fourth-order valence-corrected chi connectivity index (χ4v) is 1.49. The third-order valence-electron chi connectivity index (χ3n) is 2.52. The lowest BCUT2D eigenvalue weighted by Gasteiger charge is -2.02. The number of fused-ring (bicyclic) bond motifs is 1. The van der Waals surface area contributed by atoms with Crippen molar-refractivity contribution in [1.82, 2.24) is 0 Å². The Morgan fingerprint density at radius 1 is 0.929 bits per heavy atom. The molecule has 2 rings (SSSR count). The minimum absolute atomic E-state index is 0.249. The third-order valence-corrected chi connectivity index (χ3v) is 2.52. The van der Waals surface area contributed by atoms with E-state index in [0.29, 0.717) is 11.1 Å². The fourth-order valence-electron chi connectivity index (χ4n) is 1.49. The van der Waals surface area contributed by atoms with E-state index in [1.807, 2.05) is 25.1 Å². The van der Waals surface area contributed by atoms with Crippen LogP contribution in [0.25, 0.3) is 11.0 Å². The molecule has 0 spiro atoms. The number of rotatable bonds is 0. The summed E-state index contributed by atoms with van der Waals surface area (Å²) in [5, 5.41) is 0.991. The van der Waals surface area contributed by atoms with Gasteiger partial charge in [0.05, 0.1) is 0 Å². The Bertz CT molecular complexity index is 550. The van der Waals surface area contributed by atoms with E-state index in [4.69, 9.17) is 4.42 Å². The van der Waals surface area contributed by atoms with Gasteiger partial charge in [0, 0.05) is 10.9 Å². The average Bonchev–Trinajstić information content (AvgIpc) is 2.11. The van der Waals surface area contributed by atoms with Crippen LogP contribution < -0.4 is 5.63 Å². The van der Waals surface area contributed by atoms with Crippen LogP contribution in [0.3, 0.4) is 0 Å². The summed E-state index contributed by atoms with van der Waals surface area (Å²) in [7, 11) is 0. The van der Waals surface area contributed by atoms with Gasteiger partial charge in [0.15, 0.2) is 0 Å². The second kappa shape index (κ2) is 2.98. The molecule has 0 N–H and O–H groups in total. The van der Waals surface area contributed by atoms with Crippen LogP contribution in [0.1, 0.15) is 16.7 Å². The molecule has 2 aromatic rings. The molecule has 0 aliphatic rings. The van der Waals surface area contributed by atoms with Crippen molar-refractivity contribution in [3.05, 3.63) is 45.3 Å². The molecule has 1 aromatic carbocycles. The number of aryl methyl sites for hydroxylation is 3. The van der Waals surface area contributed by atoms with Gasteiger partial charge in [-0.3, -0.25) is 0 Å². The molecule has 0 bridgehead atoms. The monoisotopic (exact) mass is 188 g/mol. The Balaban J connectivity index is 2.90. The number of benzene rings is 1. The van der Waals surface area contributed by atoms with Crippen LogP contribution in [0.2, 0.25) is 0 Å². The van der Waals surface area contributed by atoms with Gasteiger partial charge < -0.3 is 4.42 Å². The van der Waals surface area contributed by atoms with Crippen molar-refractivity contribution in [2.75, 3.05) is 0 Å². The van der Waals surface area contributed by atoms with Gasteiger partial charge in [0.25, 0.3) is 0 Å². The molecule has 0 atom stereocenters. The molecule has 14 heavy (non-hydrogen) atoms. The van der Waals surface area contributed by atoms with E-state index in [1.165, 1.54) is 5.56 Å². The fraction of sp³-hybridized carbons (Fsp3) is 0.250. The van der Waals surface area contributed by atoms with Gasteiger partial charge in [-0.2, -0.15) is 0 Å². The molecular weight excluding hydrogens is 176 g/mol. The SMILES string of the molecule is Cc1cc2cc(C)c(=O)oc2cc1C. The zero-order valence-corrected chi connectivity index (χ0v) is 8.55. The Labute approximate surface area is 82.2 Å². The van der Waals surface area contributed by atoms with E-state index in [9.17, 15) is 4.79 Å². The van der Waals surface area contributed by atoms with Crippen molar-refractivity contribution >= 4 is 11.0 Å². The average molecular weight is 188 g/mol. The highest BCUT2D eigenvalue weighted by Gasteiger charge is 2.02. The van der Waals surface area contributed by atoms with E-state index in [-0.39, 0.29) is 5.63 Å². The van der Waals surface area contributed by atoms with Crippen LogP contribution >= 0.6 is 0 Å². The lowest BCUT2D eigenvalue weighted by molar-refractivity contribution is 0.555. The first-order valence-electron chi connectivity index (χ1n) is 4.59. The standard InChI is InChI=1S/C12H12O2/c1-7-4-10-5-9(3)12(13)14-11(10)6-8(7)2/h4-6H,1-3H3. The second-order valence-corrected chi connectivity index (χ2v) is 3.69. The van der Waals surface area contributed by atoms with Gasteiger partial charge in [-0.15, -0.1) is 0 Å². The topological polar surface area (TPSA) is 30.2 Å². The van der Waals surface area contributed by atoms with E-state index in [0.717, 1.165) is 10.9 Å². The maximum Gasteiger partial charge on any atom is 0.339 e. The van der Waals surface area contributed by atoms with Crippen LogP contribution in [-0.2, 0) is 0 Å². The van der Waals surface area contributed by atoms with Gasteiger partial charge in [0.2, 0.25) is 0 Å². The highest BCUT2D eigenvalue weighted by Crippen LogP contribution is 2.18. The van der Waals surface area contributed by atoms with Crippen LogP contribution in [0, 0.1) is 20.8 Å². The Kier molecular flexibility index (Phi) is 1.92. The molecule has 0 saturated heterocycles. The van der Waals surface area contributed by atoms with Crippen molar-refractivity contribution in [2.45, 2.75) is 20.8 Å². The molecule has 1 aromatic heterocycles. The van der Waals surface area contributed by atoms with Crippen molar-refractivity contribution in [3.8, 4) is 0 Å². The summed E-state index contributed by atoms with van der Waals surface area (Å²) in [5.74, 6) is 0. The molecule has 2 heteroatoms. The second-order valence-electron chi connectivity index (χ2n) is 3.69. The van der Waals surface area contributed by atoms with Gasteiger partial charge in [-0.05, 0) is 50.1 Å². The molecule has 0 radical (unpaired) electrons. The summed E-state index contributed by atoms with van der Waals surface area (Å²) >= 11 is 0. The maximum atomic E-state index is 11.3. The summed E-state index contributed by atoms with van der Waals surface area (Å²) in [6.07, 6.45) is 0. The highest BCUT2D eigenvalue weighted by molar-refractivity contribution is 5.78. The lowest BCUT2D eigenvalue weighted by Crippen LogP contribution is -2.02. The number of hydrogen-bond acceptors (Lipinski definition) is 2. The predicted octanol–water partition coefficient (Wildman–Crippen LogP) is 2.72. The van der Waals surface area contributed by atoms with Crippen molar-refractivity contribution in [2.24, 2.45) is 0 Å². The molecule has 72 valence electrons.